The van der Waals surface area contributed by atoms with E-state index < -0.39 is 204 Å². The van der Waals surface area contributed by atoms with Crippen LogP contribution >= 0.6 is 11.6 Å². The Bertz CT molecular complexity index is 3150. The summed E-state index contributed by atoms with van der Waals surface area (Å²) in [6.45, 7) is 9.23. The van der Waals surface area contributed by atoms with Crippen LogP contribution in [0.2, 0.25) is 0 Å². The van der Waals surface area contributed by atoms with Crippen molar-refractivity contribution in [3.63, 3.8) is 0 Å². The van der Waals surface area contributed by atoms with Gasteiger partial charge in [0.15, 0.2) is 0 Å². The highest BCUT2D eigenvalue weighted by Gasteiger charge is 2.54. The number of fused-ring (bicyclic) bond motifs is 2. The van der Waals surface area contributed by atoms with Crippen LogP contribution in [-0.2, 0) is 62.3 Å². The van der Waals surface area contributed by atoms with E-state index in [4.69, 9.17) is 16.3 Å². The topological polar surface area (TPSA) is 279 Å². The molecule has 7 aliphatic rings. The van der Waals surface area contributed by atoms with Gasteiger partial charge in [-0.2, -0.15) is 26.3 Å². The van der Waals surface area contributed by atoms with Crippen molar-refractivity contribution >= 4 is 82.5 Å². The molecule has 0 aromatic rings. The Morgan fingerprint density at radius 1 is 0.645 bits per heavy atom. The average molecular weight is 1550 g/mol. The molecule has 4 saturated carbocycles. The zero-order valence-corrected chi connectivity index (χ0v) is 65.8. The summed E-state index contributed by atoms with van der Waals surface area (Å²) in [5.74, 6) is -14.1. The van der Waals surface area contributed by atoms with E-state index >= 15 is 24.0 Å². The monoisotopic (exact) mass is 1540 g/mol. The summed E-state index contributed by atoms with van der Waals surface area (Å²) in [5.41, 5.74) is -1.65. The maximum atomic E-state index is 15.7. The fourth-order valence-corrected chi connectivity index (χ4v) is 17.9. The highest BCUT2D eigenvalue weighted by molar-refractivity contribution is 6.21. The van der Waals surface area contributed by atoms with Crippen LogP contribution in [0.4, 0.5) is 26.3 Å². The molecule has 7 rings (SSSR count). The van der Waals surface area contributed by atoms with E-state index in [1.54, 1.807) is 20.8 Å². The molecule has 0 bridgehead atoms. The minimum Gasteiger partial charge on any atom is -0.377 e. The van der Waals surface area contributed by atoms with Crippen molar-refractivity contribution < 1.29 is 88.6 Å². The first-order valence-electron chi connectivity index (χ1n) is 38.9. The highest BCUT2D eigenvalue weighted by atomic mass is 35.5. The number of nitrogens with one attached hydrogen (secondary N) is 3. The lowest BCUT2D eigenvalue weighted by atomic mass is 9.78. The molecule has 7 fully saturated rings. The van der Waals surface area contributed by atoms with Crippen molar-refractivity contribution in [1.82, 2.24) is 60.0 Å². The van der Waals surface area contributed by atoms with Gasteiger partial charge in [-0.05, 0) is 146 Å². The summed E-state index contributed by atoms with van der Waals surface area (Å²) in [7, 11) is 9.81. The standard InChI is InChI=1S/C75H119ClF6N12O13/c1-14-34-92-58(38-47-23-27-49(28-24-47)74(77,78)79)69(103)87(9)42-59(95)83-53(30-26-46-25-29-51(52(76)37-46)75(80,81)82)66(100)94-41-50(107-16-3)39-56(94)65(99)85-73(32-19-20-33-73)72(106)91(13)63(48-21-17-18-22-48)71(105)90(12)57(67(101)86(7)8)40-60(96)89(11)55(36-44(4)5)64(98)84-62(45(6)15-2)70(104)93-35-31-54(93)68(102)88(10)43-61(92)97/h44-58,62-63H,14-43H2,1-13H3,(H,83,95)(H,84,98)(H,85,99)/t45-,46?,47?,49?,50+,51?,52?,53-,54-,55-,56-,57-,58-,62-,63-/m0/s1. The van der Waals surface area contributed by atoms with Gasteiger partial charge in [-0.25, -0.2) is 0 Å². The molecule has 25 nitrogen and oxygen atoms in total. The van der Waals surface area contributed by atoms with Crippen molar-refractivity contribution in [2.45, 2.75) is 273 Å². The zero-order chi connectivity index (χ0) is 79.5. The number of nitrogens with zero attached hydrogens (tertiary/aromatic N) is 9. The van der Waals surface area contributed by atoms with Crippen LogP contribution in [0.3, 0.4) is 0 Å². The maximum absolute atomic E-state index is 15.7. The van der Waals surface area contributed by atoms with Gasteiger partial charge in [-0.15, -0.1) is 11.6 Å². The Labute approximate surface area is 632 Å². The van der Waals surface area contributed by atoms with Gasteiger partial charge in [-0.3, -0.25) is 57.5 Å². The van der Waals surface area contributed by atoms with Gasteiger partial charge in [0.1, 0.15) is 53.9 Å². The van der Waals surface area contributed by atoms with Crippen molar-refractivity contribution in [3.05, 3.63) is 0 Å². The molecule has 606 valence electrons. The molecule has 12 amide bonds. The lowest BCUT2D eigenvalue weighted by Crippen LogP contribution is -2.65. The van der Waals surface area contributed by atoms with E-state index in [2.05, 4.69) is 16.0 Å². The number of carbonyl (C=O) groups excluding carboxylic acids is 12. The smallest absolute Gasteiger partial charge is 0.377 e. The minimum atomic E-state index is -4.57. The third-order valence-electron chi connectivity index (χ3n) is 24.1. The van der Waals surface area contributed by atoms with Gasteiger partial charge in [-0.1, -0.05) is 66.7 Å². The predicted molar refractivity (Wildman–Crippen MR) is 386 cm³/mol. The van der Waals surface area contributed by atoms with Gasteiger partial charge < -0.3 is 64.8 Å². The summed E-state index contributed by atoms with van der Waals surface area (Å²) in [5, 5.41) is 7.44. The van der Waals surface area contributed by atoms with Crippen molar-refractivity contribution in [2.75, 3.05) is 88.7 Å². The van der Waals surface area contributed by atoms with Gasteiger partial charge in [0.2, 0.25) is 70.9 Å². The second kappa shape index (κ2) is 37.9. The Morgan fingerprint density at radius 3 is 1.82 bits per heavy atom. The van der Waals surface area contributed by atoms with E-state index in [0.717, 1.165) is 9.80 Å². The summed E-state index contributed by atoms with van der Waals surface area (Å²) in [4.78, 5) is 192. The summed E-state index contributed by atoms with van der Waals surface area (Å²) < 4.78 is 90.7. The van der Waals surface area contributed by atoms with Crippen LogP contribution in [0.1, 0.15) is 196 Å². The first-order chi connectivity index (χ1) is 50.2. The van der Waals surface area contributed by atoms with Crippen LogP contribution in [0.5, 0.6) is 0 Å². The zero-order valence-electron chi connectivity index (χ0n) is 65.0. The van der Waals surface area contributed by atoms with E-state index in [1.807, 2.05) is 20.8 Å². The third kappa shape index (κ3) is 21.5. The van der Waals surface area contributed by atoms with Crippen LogP contribution in [-0.4, -0.2) is 281 Å². The van der Waals surface area contributed by atoms with Crippen molar-refractivity contribution in [1.29, 1.82) is 0 Å². The number of hydrogen-bond acceptors (Lipinski definition) is 13. The van der Waals surface area contributed by atoms with Crippen LogP contribution in [0.25, 0.3) is 0 Å². The summed E-state index contributed by atoms with van der Waals surface area (Å²) >= 11 is 6.43. The first-order valence-corrected chi connectivity index (χ1v) is 39.4. The summed E-state index contributed by atoms with van der Waals surface area (Å²) in [6, 6.07) is -10.6. The second-order valence-electron chi connectivity index (χ2n) is 32.3. The number of carbonyl (C=O) groups is 12. The maximum Gasteiger partial charge on any atom is 0.393 e. The molecular weight excluding hydrogens is 1430 g/mol. The molecule has 4 aliphatic carbocycles. The predicted octanol–water partition coefficient (Wildman–Crippen LogP) is 6.90. The number of alkyl halides is 7. The van der Waals surface area contributed by atoms with Gasteiger partial charge in [0.25, 0.3) is 0 Å². The molecule has 32 heteroatoms. The number of rotatable bonds is 15. The molecule has 3 unspecified atom stereocenters. The third-order valence-corrected chi connectivity index (χ3v) is 24.5. The Balaban J connectivity index is 1.32. The average Bonchev–Trinajstić information content (AvgIpc) is 1.77. The molecule has 1 spiro atoms. The number of amides is 12. The van der Waals surface area contributed by atoms with Gasteiger partial charge in [0.05, 0.1) is 37.5 Å². The number of hydrogen-bond donors (Lipinski definition) is 3. The van der Waals surface area contributed by atoms with E-state index in [-0.39, 0.29) is 135 Å². The van der Waals surface area contributed by atoms with Gasteiger partial charge in [0, 0.05) is 87.4 Å². The van der Waals surface area contributed by atoms with E-state index in [9.17, 15) is 59.9 Å². The molecule has 0 aromatic carbocycles. The lowest BCUT2D eigenvalue weighted by Gasteiger charge is -2.44. The Kier molecular flexibility index (Phi) is 31.1. The molecular formula is C75H119ClF6N12O13. The van der Waals surface area contributed by atoms with E-state index in [1.165, 1.54) is 83.6 Å². The summed E-state index contributed by atoms with van der Waals surface area (Å²) in [6.07, 6.45) is -7.00. The molecule has 107 heavy (non-hydrogen) atoms. The SMILES string of the molecule is CCCN1C(=O)CN(C)C(=O)[C@@H]2CCN2C(=O)[C@H]([C@@H](C)CC)NC(=O)[C@H](CC(C)C)N(C)C(=O)C[C@@H](C(=O)N(C)C)N(C)C(=O)[C@H](C2CCCC2)N(C)C(=O)C2(CCCC2)NC(=O)[C@@H]2C[C@@H](OCC)CN2C(=O)[C@H](CCC2CCC(C(F)(F)F)C(Cl)C2)NC(=O)CN(C)C(=O)[C@@H]1CC1CCC(C(F)(F)F)CC1. The molecule has 0 radical (unpaired) electrons. The van der Waals surface area contributed by atoms with Crippen molar-refractivity contribution in [2.24, 2.45) is 41.4 Å². The normalized spacial score (nSPS) is 31.1. The molecule has 3 saturated heterocycles. The largest absolute Gasteiger partial charge is 0.393 e. The fourth-order valence-electron chi connectivity index (χ4n) is 17.4. The molecule has 0 aromatic heterocycles. The minimum absolute atomic E-state index is 0.0427. The van der Waals surface area contributed by atoms with Crippen LogP contribution in [0.15, 0.2) is 0 Å². The molecule has 13 atom stereocenters. The highest BCUT2D eigenvalue weighted by Crippen LogP contribution is 2.45. The first kappa shape index (κ1) is 87.7. The lowest BCUT2D eigenvalue weighted by molar-refractivity contribution is -0.184. The quantitative estimate of drug-likeness (QED) is 0.111. The number of halogens is 7. The number of ether oxygens (including phenoxy) is 1. The fraction of sp³-hybridized carbons (Fsp3) is 0.840. The Morgan fingerprint density at radius 2 is 1.27 bits per heavy atom. The van der Waals surface area contributed by atoms with Crippen LogP contribution in [0, 0.1) is 41.4 Å². The number of likely N-dealkylation sites (N-methyl/N-ethyl adjacent to an activating group) is 6. The molecule has 3 heterocycles. The van der Waals surface area contributed by atoms with Gasteiger partial charge >= 0.3 is 12.4 Å². The van der Waals surface area contributed by atoms with Crippen molar-refractivity contribution in [3.8, 4) is 0 Å². The Hall–Kier alpha value is -6.53. The molecule has 3 N–H and O–H groups in total. The van der Waals surface area contributed by atoms with Crippen LogP contribution < -0.4 is 16.0 Å². The molecule has 3 aliphatic heterocycles. The van der Waals surface area contributed by atoms with E-state index in [0.29, 0.717) is 44.9 Å². The second-order valence-corrected chi connectivity index (χ2v) is 32.9.